The normalized spacial score (nSPS) is 15.7. The van der Waals surface area contributed by atoms with Crippen LogP contribution in [0.2, 0.25) is 0 Å². The van der Waals surface area contributed by atoms with Crippen LogP contribution in [0.25, 0.3) is 6.08 Å². The Kier molecular flexibility index (Phi) is 4.45. The van der Waals surface area contributed by atoms with Gasteiger partial charge in [0.15, 0.2) is 0 Å². The first kappa shape index (κ1) is 15.9. The summed E-state index contributed by atoms with van der Waals surface area (Å²) >= 11 is 0. The number of amides is 2. The third kappa shape index (κ3) is 3.81. The van der Waals surface area contributed by atoms with E-state index >= 15 is 0 Å². The summed E-state index contributed by atoms with van der Waals surface area (Å²) in [5.74, 6) is -1.72. The van der Waals surface area contributed by atoms with Crippen molar-refractivity contribution in [3.05, 3.63) is 41.5 Å². The van der Waals surface area contributed by atoms with E-state index < -0.39 is 17.8 Å². The van der Waals surface area contributed by atoms with E-state index in [2.05, 4.69) is 20.8 Å². The summed E-state index contributed by atoms with van der Waals surface area (Å²) in [6.07, 6.45) is 2.96. The second-order valence-electron chi connectivity index (χ2n) is 6.20. The maximum atomic E-state index is 11.6. The molecule has 1 aromatic carbocycles. The number of nitrogens with zero attached hydrogens (tertiary/aromatic N) is 1. The van der Waals surface area contributed by atoms with Crippen LogP contribution in [0.15, 0.2) is 30.3 Å². The van der Waals surface area contributed by atoms with E-state index in [9.17, 15) is 14.4 Å². The van der Waals surface area contributed by atoms with Crippen LogP contribution in [-0.4, -0.2) is 22.8 Å². The molecule has 1 heterocycles. The predicted molar refractivity (Wildman–Crippen MR) is 81.4 cm³/mol. The molecule has 1 aromatic rings. The smallest absolute Gasteiger partial charge is 0.326 e. The fourth-order valence-corrected chi connectivity index (χ4v) is 2.04. The Hall–Kier alpha value is -2.43. The Morgan fingerprint density at radius 2 is 1.64 bits per heavy atom. The molecule has 0 radical (unpaired) electrons. The molecule has 22 heavy (non-hydrogen) atoms. The number of hydrogen-bond acceptors (Lipinski definition) is 4. The van der Waals surface area contributed by atoms with Crippen molar-refractivity contribution >= 4 is 23.9 Å². The molecule has 0 unspecified atom stereocenters. The van der Waals surface area contributed by atoms with Gasteiger partial charge in [0.25, 0.3) is 11.8 Å². The molecule has 5 heteroatoms. The zero-order valence-corrected chi connectivity index (χ0v) is 13.0. The first-order valence-electron chi connectivity index (χ1n) is 7.14. The van der Waals surface area contributed by atoms with Gasteiger partial charge in [0.05, 0.1) is 0 Å². The number of rotatable bonds is 3. The maximum absolute atomic E-state index is 11.6. The molecule has 116 valence electrons. The van der Waals surface area contributed by atoms with Crippen LogP contribution in [0.5, 0.6) is 0 Å². The van der Waals surface area contributed by atoms with Gasteiger partial charge in [0.2, 0.25) is 0 Å². The molecule has 0 atom stereocenters. The van der Waals surface area contributed by atoms with Crippen LogP contribution >= 0.6 is 0 Å². The fraction of sp³-hybridized carbons (Fsp3) is 0.353. The van der Waals surface area contributed by atoms with Gasteiger partial charge in [-0.3, -0.25) is 9.59 Å². The molecule has 1 saturated heterocycles. The summed E-state index contributed by atoms with van der Waals surface area (Å²) in [5, 5.41) is 0.537. The van der Waals surface area contributed by atoms with Crippen molar-refractivity contribution < 1.29 is 19.2 Å². The lowest BCUT2D eigenvalue weighted by atomic mass is 9.87. The molecule has 1 aliphatic heterocycles. The minimum atomic E-state index is -0.747. The number of imide groups is 1. The second kappa shape index (κ2) is 6.13. The SMILES string of the molecule is CC(C)(C)c1ccc(/C=C/C(=O)ON2C(=O)CCC2=O)cc1. The van der Waals surface area contributed by atoms with Crippen LogP contribution in [0, 0.1) is 0 Å². The molecule has 0 aromatic heterocycles. The topological polar surface area (TPSA) is 63.7 Å². The summed E-state index contributed by atoms with van der Waals surface area (Å²) in [6, 6.07) is 7.80. The number of benzene rings is 1. The van der Waals surface area contributed by atoms with Gasteiger partial charge in [-0.1, -0.05) is 45.0 Å². The molecule has 1 aliphatic rings. The van der Waals surface area contributed by atoms with Gasteiger partial charge in [-0.25, -0.2) is 4.79 Å². The highest BCUT2D eigenvalue weighted by molar-refractivity contribution is 6.02. The van der Waals surface area contributed by atoms with Crippen molar-refractivity contribution in [2.24, 2.45) is 0 Å². The minimum absolute atomic E-state index is 0.0671. The van der Waals surface area contributed by atoms with Crippen LogP contribution in [0.1, 0.15) is 44.7 Å². The standard InChI is InChI=1S/C17H19NO4/c1-17(2,3)13-7-4-12(5-8-13)6-11-16(21)22-18-14(19)9-10-15(18)20/h4-8,11H,9-10H2,1-3H3/b11-6+. The molecule has 0 N–H and O–H groups in total. The van der Waals surface area contributed by atoms with Crippen molar-refractivity contribution in [3.8, 4) is 0 Å². The van der Waals surface area contributed by atoms with E-state index in [-0.39, 0.29) is 18.3 Å². The number of carbonyl (C=O) groups is 3. The first-order chi connectivity index (χ1) is 10.3. The first-order valence-corrected chi connectivity index (χ1v) is 7.14. The molecular formula is C17H19NO4. The van der Waals surface area contributed by atoms with Crippen LogP contribution in [0.3, 0.4) is 0 Å². The van der Waals surface area contributed by atoms with Gasteiger partial charge in [0, 0.05) is 18.9 Å². The van der Waals surface area contributed by atoms with Gasteiger partial charge in [-0.15, -0.1) is 5.06 Å². The number of carbonyl (C=O) groups excluding carboxylic acids is 3. The quantitative estimate of drug-likeness (QED) is 0.636. The van der Waals surface area contributed by atoms with E-state index in [1.165, 1.54) is 11.6 Å². The van der Waals surface area contributed by atoms with Gasteiger partial charge in [-0.2, -0.15) is 0 Å². The summed E-state index contributed by atoms with van der Waals surface area (Å²) in [7, 11) is 0. The van der Waals surface area contributed by atoms with Crippen molar-refractivity contribution in [2.45, 2.75) is 39.0 Å². The molecule has 2 rings (SSSR count). The molecule has 1 fully saturated rings. The third-order valence-electron chi connectivity index (χ3n) is 3.38. The van der Waals surface area contributed by atoms with Crippen LogP contribution in [-0.2, 0) is 24.6 Å². The van der Waals surface area contributed by atoms with E-state index in [1.54, 1.807) is 6.08 Å². The van der Waals surface area contributed by atoms with Crippen molar-refractivity contribution in [3.63, 3.8) is 0 Å². The molecule has 0 saturated carbocycles. The summed E-state index contributed by atoms with van der Waals surface area (Å²) in [4.78, 5) is 39.0. The summed E-state index contributed by atoms with van der Waals surface area (Å²) in [6.45, 7) is 6.37. The molecule has 0 spiro atoms. The molecule has 2 amide bonds. The van der Waals surface area contributed by atoms with Crippen LogP contribution in [0.4, 0.5) is 0 Å². The van der Waals surface area contributed by atoms with E-state index in [0.29, 0.717) is 5.06 Å². The Balaban J connectivity index is 1.98. The van der Waals surface area contributed by atoms with E-state index in [4.69, 9.17) is 4.84 Å². The summed E-state index contributed by atoms with van der Waals surface area (Å²) < 4.78 is 0. The largest absolute Gasteiger partial charge is 0.356 e. The summed E-state index contributed by atoms with van der Waals surface area (Å²) in [5.41, 5.74) is 2.10. The Labute approximate surface area is 129 Å². The lowest BCUT2D eigenvalue weighted by molar-refractivity contribution is -0.193. The minimum Gasteiger partial charge on any atom is -0.326 e. The average molecular weight is 301 g/mol. The lowest BCUT2D eigenvalue weighted by Gasteiger charge is -2.18. The average Bonchev–Trinajstić information content (AvgIpc) is 2.76. The highest BCUT2D eigenvalue weighted by Gasteiger charge is 2.32. The lowest BCUT2D eigenvalue weighted by Crippen LogP contribution is -2.31. The Morgan fingerprint density at radius 3 is 2.14 bits per heavy atom. The zero-order valence-electron chi connectivity index (χ0n) is 13.0. The molecular weight excluding hydrogens is 282 g/mol. The van der Waals surface area contributed by atoms with Crippen molar-refractivity contribution in [2.75, 3.05) is 0 Å². The van der Waals surface area contributed by atoms with Crippen LogP contribution < -0.4 is 0 Å². The second-order valence-corrected chi connectivity index (χ2v) is 6.20. The molecule has 5 nitrogen and oxygen atoms in total. The van der Waals surface area contributed by atoms with Gasteiger partial charge in [0.1, 0.15) is 0 Å². The third-order valence-corrected chi connectivity index (χ3v) is 3.38. The van der Waals surface area contributed by atoms with E-state index in [1.807, 2.05) is 24.3 Å². The fourth-order valence-electron chi connectivity index (χ4n) is 2.04. The van der Waals surface area contributed by atoms with Crippen molar-refractivity contribution in [1.82, 2.24) is 5.06 Å². The highest BCUT2D eigenvalue weighted by atomic mass is 16.7. The highest BCUT2D eigenvalue weighted by Crippen LogP contribution is 2.22. The number of hydrogen-bond donors (Lipinski definition) is 0. The van der Waals surface area contributed by atoms with Gasteiger partial charge < -0.3 is 4.84 Å². The Bertz CT molecular complexity index is 607. The van der Waals surface area contributed by atoms with Crippen molar-refractivity contribution in [1.29, 1.82) is 0 Å². The molecule has 0 bridgehead atoms. The number of hydroxylamine groups is 2. The van der Waals surface area contributed by atoms with Gasteiger partial charge in [-0.05, 0) is 22.6 Å². The Morgan fingerprint density at radius 1 is 1.09 bits per heavy atom. The van der Waals surface area contributed by atoms with Gasteiger partial charge >= 0.3 is 5.97 Å². The predicted octanol–water partition coefficient (Wildman–Crippen LogP) is 2.60. The zero-order chi connectivity index (χ0) is 16.3. The maximum Gasteiger partial charge on any atom is 0.356 e. The molecule has 0 aliphatic carbocycles. The monoisotopic (exact) mass is 301 g/mol. The van der Waals surface area contributed by atoms with E-state index in [0.717, 1.165) is 5.56 Å².